The molecule has 0 saturated carbocycles. The first-order chi connectivity index (χ1) is 9.24. The number of para-hydroxylation sites is 1. The lowest BCUT2D eigenvalue weighted by Crippen LogP contribution is -1.94. The van der Waals surface area contributed by atoms with Crippen LogP contribution < -0.4 is 10.5 Å². The summed E-state index contributed by atoms with van der Waals surface area (Å²) in [4.78, 5) is 3.17. The molecule has 0 saturated heterocycles. The quantitative estimate of drug-likeness (QED) is 0.709. The lowest BCUT2D eigenvalue weighted by molar-refractivity contribution is 0.307. The van der Waals surface area contributed by atoms with Crippen molar-refractivity contribution < 1.29 is 4.74 Å². The monoisotopic (exact) mass is 272 g/mol. The SMILES string of the molecule is Nc1cccc2c(COc3cccc(Cl)c3)c[nH]c12. The number of rotatable bonds is 3. The third-order valence-electron chi connectivity index (χ3n) is 3.02. The number of nitrogen functional groups attached to an aromatic ring is 1. The maximum atomic E-state index is 5.92. The molecule has 96 valence electrons. The number of aromatic amines is 1. The molecule has 0 aliphatic heterocycles. The fourth-order valence-corrected chi connectivity index (χ4v) is 2.25. The normalized spacial score (nSPS) is 10.8. The highest BCUT2D eigenvalue weighted by molar-refractivity contribution is 6.30. The summed E-state index contributed by atoms with van der Waals surface area (Å²) in [7, 11) is 0. The first-order valence-electron chi connectivity index (χ1n) is 5.97. The van der Waals surface area contributed by atoms with Gasteiger partial charge in [-0.1, -0.05) is 29.8 Å². The summed E-state index contributed by atoms with van der Waals surface area (Å²) < 4.78 is 5.73. The third-order valence-corrected chi connectivity index (χ3v) is 3.26. The maximum Gasteiger partial charge on any atom is 0.121 e. The van der Waals surface area contributed by atoms with E-state index in [0.717, 1.165) is 27.9 Å². The Morgan fingerprint density at radius 2 is 2.00 bits per heavy atom. The highest BCUT2D eigenvalue weighted by Crippen LogP contribution is 2.25. The van der Waals surface area contributed by atoms with Crippen molar-refractivity contribution >= 4 is 28.2 Å². The molecular formula is C15H13ClN2O. The van der Waals surface area contributed by atoms with Gasteiger partial charge in [0.05, 0.1) is 11.2 Å². The molecule has 4 heteroatoms. The van der Waals surface area contributed by atoms with Gasteiger partial charge in [-0.3, -0.25) is 0 Å². The summed E-state index contributed by atoms with van der Waals surface area (Å²) in [6, 6.07) is 13.2. The van der Waals surface area contributed by atoms with Crippen LogP contribution in [0.15, 0.2) is 48.7 Å². The van der Waals surface area contributed by atoms with Crippen molar-refractivity contribution in [2.75, 3.05) is 5.73 Å². The summed E-state index contributed by atoms with van der Waals surface area (Å²) in [6.07, 6.45) is 1.92. The smallest absolute Gasteiger partial charge is 0.121 e. The largest absolute Gasteiger partial charge is 0.489 e. The zero-order chi connectivity index (χ0) is 13.2. The first-order valence-corrected chi connectivity index (χ1v) is 6.34. The zero-order valence-corrected chi connectivity index (χ0v) is 10.9. The van der Waals surface area contributed by atoms with Crippen LogP contribution in [0.5, 0.6) is 5.75 Å². The maximum absolute atomic E-state index is 5.92. The van der Waals surface area contributed by atoms with E-state index in [9.17, 15) is 0 Å². The predicted octanol–water partition coefficient (Wildman–Crippen LogP) is 3.98. The molecule has 19 heavy (non-hydrogen) atoms. The number of nitrogens with one attached hydrogen (secondary N) is 1. The Morgan fingerprint density at radius 3 is 2.84 bits per heavy atom. The van der Waals surface area contributed by atoms with Crippen LogP contribution >= 0.6 is 11.6 Å². The third kappa shape index (κ3) is 2.37. The van der Waals surface area contributed by atoms with Gasteiger partial charge < -0.3 is 15.5 Å². The van der Waals surface area contributed by atoms with Gasteiger partial charge in [-0.15, -0.1) is 0 Å². The van der Waals surface area contributed by atoms with Crippen LogP contribution in [0.4, 0.5) is 5.69 Å². The molecular weight excluding hydrogens is 260 g/mol. The van der Waals surface area contributed by atoms with Gasteiger partial charge in [0.15, 0.2) is 0 Å². The summed E-state index contributed by atoms with van der Waals surface area (Å²) in [5.41, 5.74) is 8.67. The summed E-state index contributed by atoms with van der Waals surface area (Å²) >= 11 is 5.92. The van der Waals surface area contributed by atoms with Gasteiger partial charge in [-0.05, 0) is 24.3 Å². The number of hydrogen-bond donors (Lipinski definition) is 2. The van der Waals surface area contributed by atoms with Crippen molar-refractivity contribution in [2.24, 2.45) is 0 Å². The molecule has 1 aromatic heterocycles. The minimum Gasteiger partial charge on any atom is -0.489 e. The topological polar surface area (TPSA) is 51.0 Å². The van der Waals surface area contributed by atoms with E-state index in [1.807, 2.05) is 42.6 Å². The van der Waals surface area contributed by atoms with E-state index in [-0.39, 0.29) is 0 Å². The van der Waals surface area contributed by atoms with Crippen molar-refractivity contribution in [1.29, 1.82) is 0 Å². The van der Waals surface area contributed by atoms with E-state index in [2.05, 4.69) is 4.98 Å². The molecule has 0 aliphatic carbocycles. The van der Waals surface area contributed by atoms with E-state index in [4.69, 9.17) is 22.1 Å². The number of H-pyrrole nitrogens is 1. The number of benzene rings is 2. The van der Waals surface area contributed by atoms with Crippen LogP contribution in [0.25, 0.3) is 10.9 Å². The molecule has 0 fully saturated rings. The minimum atomic E-state index is 0.476. The van der Waals surface area contributed by atoms with Gasteiger partial charge in [-0.2, -0.15) is 0 Å². The number of ether oxygens (including phenoxy) is 1. The zero-order valence-electron chi connectivity index (χ0n) is 10.2. The van der Waals surface area contributed by atoms with Crippen molar-refractivity contribution in [3.05, 3.63) is 59.2 Å². The van der Waals surface area contributed by atoms with E-state index in [0.29, 0.717) is 11.6 Å². The molecule has 0 atom stereocenters. The number of halogens is 1. The van der Waals surface area contributed by atoms with Gasteiger partial charge in [0.2, 0.25) is 0 Å². The molecule has 0 bridgehead atoms. The van der Waals surface area contributed by atoms with Crippen molar-refractivity contribution in [1.82, 2.24) is 4.98 Å². The van der Waals surface area contributed by atoms with Gasteiger partial charge in [0.25, 0.3) is 0 Å². The molecule has 0 spiro atoms. The van der Waals surface area contributed by atoms with Crippen LogP contribution in [0, 0.1) is 0 Å². The van der Waals surface area contributed by atoms with Crippen LogP contribution in [0.1, 0.15) is 5.56 Å². The standard InChI is InChI=1S/C15H13ClN2O/c16-11-3-1-4-12(7-11)19-9-10-8-18-15-13(10)5-2-6-14(15)17/h1-8,18H,9,17H2. The average Bonchev–Trinajstić information content (AvgIpc) is 2.81. The highest BCUT2D eigenvalue weighted by atomic mass is 35.5. The van der Waals surface area contributed by atoms with Gasteiger partial charge >= 0.3 is 0 Å². The van der Waals surface area contributed by atoms with Gasteiger partial charge in [0.1, 0.15) is 12.4 Å². The van der Waals surface area contributed by atoms with E-state index in [1.54, 1.807) is 6.07 Å². The summed E-state index contributed by atoms with van der Waals surface area (Å²) in [5, 5.41) is 1.75. The van der Waals surface area contributed by atoms with Crippen LogP contribution in [0.2, 0.25) is 5.02 Å². The minimum absolute atomic E-state index is 0.476. The molecule has 0 radical (unpaired) electrons. The van der Waals surface area contributed by atoms with Crippen molar-refractivity contribution in [3.8, 4) is 5.75 Å². The van der Waals surface area contributed by atoms with E-state index >= 15 is 0 Å². The van der Waals surface area contributed by atoms with Gasteiger partial charge in [0, 0.05) is 22.2 Å². The molecule has 0 amide bonds. The molecule has 3 N–H and O–H groups in total. The average molecular weight is 273 g/mol. The molecule has 0 aliphatic rings. The van der Waals surface area contributed by atoms with Crippen molar-refractivity contribution in [2.45, 2.75) is 6.61 Å². The lowest BCUT2D eigenvalue weighted by Gasteiger charge is -2.05. The Balaban J connectivity index is 1.84. The van der Waals surface area contributed by atoms with Crippen molar-refractivity contribution in [3.63, 3.8) is 0 Å². The summed E-state index contributed by atoms with van der Waals surface area (Å²) in [6.45, 7) is 0.476. The lowest BCUT2D eigenvalue weighted by atomic mass is 10.1. The van der Waals surface area contributed by atoms with E-state index < -0.39 is 0 Å². The Hall–Kier alpha value is -2.13. The van der Waals surface area contributed by atoms with Gasteiger partial charge in [-0.25, -0.2) is 0 Å². The number of anilines is 1. The second-order valence-electron chi connectivity index (χ2n) is 4.33. The Morgan fingerprint density at radius 1 is 1.16 bits per heavy atom. The number of hydrogen-bond acceptors (Lipinski definition) is 2. The number of fused-ring (bicyclic) bond motifs is 1. The molecule has 2 aromatic carbocycles. The Bertz CT molecular complexity index is 721. The second kappa shape index (κ2) is 4.86. The molecule has 3 rings (SSSR count). The number of aromatic nitrogens is 1. The number of nitrogens with two attached hydrogens (primary N) is 1. The fourth-order valence-electron chi connectivity index (χ4n) is 2.07. The Kier molecular flexibility index (Phi) is 3.05. The molecule has 3 nitrogen and oxygen atoms in total. The fraction of sp³-hybridized carbons (Fsp3) is 0.0667. The van der Waals surface area contributed by atoms with Crippen LogP contribution in [0.3, 0.4) is 0 Å². The Labute approximate surface area is 116 Å². The highest BCUT2D eigenvalue weighted by Gasteiger charge is 2.06. The molecule has 0 unspecified atom stereocenters. The predicted molar refractivity (Wildman–Crippen MR) is 78.5 cm³/mol. The molecule has 3 aromatic rings. The molecule has 1 heterocycles. The summed E-state index contributed by atoms with van der Waals surface area (Å²) in [5.74, 6) is 0.755. The van der Waals surface area contributed by atoms with Crippen LogP contribution in [-0.2, 0) is 6.61 Å². The second-order valence-corrected chi connectivity index (χ2v) is 4.77. The first kappa shape index (κ1) is 11.9. The van der Waals surface area contributed by atoms with E-state index in [1.165, 1.54) is 0 Å². The van der Waals surface area contributed by atoms with Crippen LogP contribution in [-0.4, -0.2) is 4.98 Å².